The smallest absolute Gasteiger partial charge is 0.404 e. The van der Waals surface area contributed by atoms with E-state index in [0.717, 1.165) is 28.8 Å². The number of sulfonamides is 1. The first-order valence-corrected chi connectivity index (χ1v) is 11.7. The summed E-state index contributed by atoms with van der Waals surface area (Å²) in [6, 6.07) is 5.42. The molecule has 1 amide bonds. The minimum atomic E-state index is -5.15. The van der Waals surface area contributed by atoms with Crippen LogP contribution in [0.3, 0.4) is 0 Å². The van der Waals surface area contributed by atoms with E-state index in [-0.39, 0.29) is 18.9 Å². The second kappa shape index (κ2) is 12.1. The Morgan fingerprint density at radius 3 is 2.53 bits per heavy atom. The predicted octanol–water partition coefficient (Wildman–Crippen LogP) is 0.285. The summed E-state index contributed by atoms with van der Waals surface area (Å²) in [5.41, 5.74) is 8.91. The number of hydrogen-bond donors (Lipinski definition) is 4. The van der Waals surface area contributed by atoms with Crippen molar-refractivity contribution in [1.82, 2.24) is 9.88 Å². The highest BCUT2D eigenvalue weighted by Gasteiger charge is 2.34. The third-order valence-electron chi connectivity index (χ3n) is 4.42. The van der Waals surface area contributed by atoms with Gasteiger partial charge in [0.25, 0.3) is 15.6 Å². The topological polar surface area (TPSA) is 188 Å². The van der Waals surface area contributed by atoms with Crippen molar-refractivity contribution in [2.24, 2.45) is 16.5 Å². The molecule has 36 heavy (non-hydrogen) atoms. The van der Waals surface area contributed by atoms with Gasteiger partial charge in [-0.15, -0.1) is 13.2 Å². The first kappa shape index (κ1) is 28.2. The molecule has 0 bridgehead atoms. The number of alkyl halides is 3. The number of aliphatic imine (C=N–C) groups is 1. The van der Waals surface area contributed by atoms with Crippen LogP contribution in [0.5, 0.6) is 5.75 Å². The number of anilines is 1. The van der Waals surface area contributed by atoms with Crippen molar-refractivity contribution < 1.29 is 35.9 Å². The zero-order valence-electron chi connectivity index (χ0n) is 18.6. The molecule has 1 aromatic heterocycles. The number of carbonyl (C=O) groups is 2. The third-order valence-corrected chi connectivity index (χ3v) is 5.83. The zero-order chi connectivity index (χ0) is 26.9. The van der Waals surface area contributed by atoms with Gasteiger partial charge in [0, 0.05) is 12.7 Å². The molecule has 0 fully saturated rings. The summed E-state index contributed by atoms with van der Waals surface area (Å²) in [6.45, 7) is -0.332. The Morgan fingerprint density at radius 1 is 1.19 bits per heavy atom. The maximum Gasteiger partial charge on any atom is 0.573 e. The van der Waals surface area contributed by atoms with Gasteiger partial charge in [0.1, 0.15) is 29.2 Å². The average Bonchev–Trinajstić information content (AvgIpc) is 2.77. The molecule has 196 valence electrons. The maximum atomic E-state index is 12.7. The molecular formula is C20H23F3N6O6S. The lowest BCUT2D eigenvalue weighted by molar-refractivity contribution is -0.275. The number of halogens is 3. The summed E-state index contributed by atoms with van der Waals surface area (Å²) < 4.78 is 69.8. The number of amides is 1. The minimum Gasteiger partial charge on any atom is -0.404 e. The molecule has 1 aromatic carbocycles. The Kier molecular flexibility index (Phi) is 9.43. The molecule has 0 aliphatic rings. The Morgan fingerprint density at radius 2 is 1.89 bits per heavy atom. The van der Waals surface area contributed by atoms with E-state index < -0.39 is 56.8 Å². The van der Waals surface area contributed by atoms with Crippen LogP contribution in [0, 0.1) is 0 Å². The van der Waals surface area contributed by atoms with E-state index in [4.69, 9.17) is 11.5 Å². The fourth-order valence-electron chi connectivity index (χ4n) is 2.92. The molecule has 2 aromatic rings. The van der Waals surface area contributed by atoms with Crippen LogP contribution in [-0.2, 0) is 26.2 Å². The van der Waals surface area contributed by atoms with Crippen LogP contribution in [0.15, 0.2) is 57.3 Å². The average molecular weight is 533 g/mol. The number of benzene rings is 1. The van der Waals surface area contributed by atoms with Crippen molar-refractivity contribution in [3.05, 3.63) is 52.9 Å². The second-order valence-electron chi connectivity index (χ2n) is 7.21. The Labute approximate surface area is 203 Å². The predicted molar refractivity (Wildman–Crippen MR) is 123 cm³/mol. The van der Waals surface area contributed by atoms with Gasteiger partial charge in [-0.1, -0.05) is 12.1 Å². The molecule has 16 heteroatoms. The SMILES string of the molecule is NC(N)=NCCCC(C=O)NC(=O)Cn1cccc(NS(=O)(=O)c2ccccc2OC(F)(F)F)c1=O. The van der Waals surface area contributed by atoms with Crippen molar-refractivity contribution in [3.63, 3.8) is 0 Å². The molecule has 0 aliphatic heterocycles. The number of nitrogens with one attached hydrogen (secondary N) is 2. The van der Waals surface area contributed by atoms with Crippen LogP contribution in [0.4, 0.5) is 18.9 Å². The molecular weight excluding hydrogens is 509 g/mol. The van der Waals surface area contributed by atoms with Gasteiger partial charge in [0.2, 0.25) is 5.91 Å². The van der Waals surface area contributed by atoms with Gasteiger partial charge < -0.3 is 30.9 Å². The maximum absolute atomic E-state index is 12.7. The number of pyridine rings is 1. The van der Waals surface area contributed by atoms with Crippen molar-refractivity contribution in [3.8, 4) is 5.75 Å². The van der Waals surface area contributed by atoms with Gasteiger partial charge in [-0.05, 0) is 37.1 Å². The molecule has 1 atom stereocenters. The lowest BCUT2D eigenvalue weighted by atomic mass is 10.2. The van der Waals surface area contributed by atoms with Crippen molar-refractivity contribution >= 4 is 33.9 Å². The van der Waals surface area contributed by atoms with Crippen molar-refractivity contribution in [2.75, 3.05) is 11.3 Å². The van der Waals surface area contributed by atoms with Crippen LogP contribution >= 0.6 is 0 Å². The zero-order valence-corrected chi connectivity index (χ0v) is 19.4. The van der Waals surface area contributed by atoms with Crippen LogP contribution in [-0.4, -0.2) is 50.1 Å². The molecule has 1 heterocycles. The van der Waals surface area contributed by atoms with Crippen molar-refractivity contribution in [1.29, 1.82) is 0 Å². The monoisotopic (exact) mass is 532 g/mol. The van der Waals surface area contributed by atoms with E-state index in [2.05, 4.69) is 15.0 Å². The summed E-state index contributed by atoms with van der Waals surface area (Å²) in [5.74, 6) is -1.83. The Balaban J connectivity index is 2.15. The van der Waals surface area contributed by atoms with Gasteiger partial charge in [-0.25, -0.2) is 8.42 Å². The van der Waals surface area contributed by atoms with E-state index in [1.54, 1.807) is 0 Å². The fourth-order valence-corrected chi connectivity index (χ4v) is 4.11. The molecule has 0 radical (unpaired) electrons. The number of aldehydes is 1. The normalized spacial score (nSPS) is 12.3. The highest BCUT2D eigenvalue weighted by atomic mass is 32.2. The molecule has 0 spiro atoms. The number of nitrogens with zero attached hydrogens (tertiary/aromatic N) is 2. The van der Waals surface area contributed by atoms with Gasteiger partial charge in [0.15, 0.2) is 5.96 Å². The molecule has 6 N–H and O–H groups in total. The quantitative estimate of drug-likeness (QED) is 0.130. The van der Waals surface area contributed by atoms with E-state index >= 15 is 0 Å². The molecule has 2 rings (SSSR count). The summed E-state index contributed by atoms with van der Waals surface area (Å²) in [7, 11) is -4.69. The number of nitrogens with two attached hydrogens (primary N) is 2. The molecule has 0 aliphatic carbocycles. The molecule has 0 saturated carbocycles. The lowest BCUT2D eigenvalue weighted by Gasteiger charge is -2.15. The van der Waals surface area contributed by atoms with Gasteiger partial charge in [-0.3, -0.25) is 19.3 Å². The van der Waals surface area contributed by atoms with Crippen LogP contribution < -0.4 is 31.8 Å². The van der Waals surface area contributed by atoms with Gasteiger partial charge in [-0.2, -0.15) is 0 Å². The molecule has 0 saturated heterocycles. The number of guanidine groups is 1. The molecule has 1 unspecified atom stereocenters. The van der Waals surface area contributed by atoms with E-state index in [1.807, 2.05) is 4.72 Å². The first-order valence-electron chi connectivity index (χ1n) is 10.2. The summed E-state index contributed by atoms with van der Waals surface area (Å²) in [4.78, 5) is 39.1. The second-order valence-corrected chi connectivity index (χ2v) is 8.86. The largest absolute Gasteiger partial charge is 0.573 e. The van der Waals surface area contributed by atoms with Gasteiger partial charge >= 0.3 is 6.36 Å². The van der Waals surface area contributed by atoms with E-state index in [1.165, 1.54) is 18.3 Å². The number of ether oxygens (including phenoxy) is 1. The highest BCUT2D eigenvalue weighted by molar-refractivity contribution is 7.92. The standard InChI is InChI=1S/C20H23F3N6O6S/c21-20(22,23)35-15-7-1-2-8-16(15)36(33,34)28-14-6-4-10-29(18(14)32)11-17(31)27-13(12-30)5-3-9-26-19(24)25/h1-2,4,6-8,10,12-13,28H,3,5,9,11H2,(H,27,31)(H4,24,25,26). The number of aromatic nitrogens is 1. The Hall–Kier alpha value is -4.08. The Bertz CT molecular complexity index is 1280. The summed E-state index contributed by atoms with van der Waals surface area (Å²) >= 11 is 0. The van der Waals surface area contributed by atoms with Crippen LogP contribution in [0.25, 0.3) is 0 Å². The van der Waals surface area contributed by atoms with Gasteiger partial charge in [0.05, 0.1) is 6.04 Å². The fraction of sp³-hybridized carbons (Fsp3) is 0.300. The van der Waals surface area contributed by atoms with E-state index in [9.17, 15) is 36.0 Å². The lowest BCUT2D eigenvalue weighted by Crippen LogP contribution is -2.40. The van der Waals surface area contributed by atoms with E-state index in [0.29, 0.717) is 12.7 Å². The molecule has 12 nitrogen and oxygen atoms in total. The summed E-state index contributed by atoms with van der Waals surface area (Å²) in [5, 5.41) is 2.41. The number of rotatable bonds is 12. The third kappa shape index (κ3) is 8.61. The van der Waals surface area contributed by atoms with Crippen LogP contribution in [0.1, 0.15) is 12.8 Å². The highest BCUT2D eigenvalue weighted by Crippen LogP contribution is 2.30. The first-order chi connectivity index (χ1) is 16.8. The number of carbonyl (C=O) groups excluding carboxylic acids is 2. The number of para-hydroxylation sites is 1. The number of hydrogen-bond acceptors (Lipinski definition) is 7. The van der Waals surface area contributed by atoms with Crippen molar-refractivity contribution in [2.45, 2.75) is 36.7 Å². The summed E-state index contributed by atoms with van der Waals surface area (Å²) in [6.07, 6.45) is -2.85. The minimum absolute atomic E-state index is 0.118. The van der Waals surface area contributed by atoms with Crippen LogP contribution in [0.2, 0.25) is 0 Å².